The number of hydrogen-bond acceptors (Lipinski definition) is 3. The number of aliphatic hydroxyl groups is 1. The van der Waals surface area contributed by atoms with E-state index in [4.69, 9.17) is 0 Å². The molecule has 1 heterocycles. The van der Waals surface area contributed by atoms with E-state index in [9.17, 15) is 5.11 Å². The van der Waals surface area contributed by atoms with Crippen molar-refractivity contribution in [1.29, 1.82) is 0 Å². The Kier molecular flexibility index (Phi) is 5.04. The molecule has 1 aliphatic heterocycles. The zero-order valence-electron chi connectivity index (χ0n) is 7.75. The largest absolute Gasteiger partial charge is 0.391 e. The van der Waals surface area contributed by atoms with Gasteiger partial charge in [0.05, 0.1) is 6.10 Å². The van der Waals surface area contributed by atoms with E-state index in [2.05, 4.69) is 12.2 Å². The zero-order chi connectivity index (χ0) is 8.81. The van der Waals surface area contributed by atoms with E-state index in [1.54, 1.807) is 0 Å². The lowest BCUT2D eigenvalue weighted by atomic mass is 10.3. The van der Waals surface area contributed by atoms with Gasteiger partial charge in [0.25, 0.3) is 0 Å². The predicted molar refractivity (Wildman–Crippen MR) is 54.6 cm³/mol. The molecule has 12 heavy (non-hydrogen) atoms. The molecule has 1 rings (SSSR count). The predicted octanol–water partition coefficient (Wildman–Crippen LogP) is 1.24. The Balaban J connectivity index is 1.98. The number of β-amino-alcohol motifs (C(OH)–C–C–N with tert-alkyl or cyclic N) is 1. The van der Waals surface area contributed by atoms with E-state index < -0.39 is 0 Å². The van der Waals surface area contributed by atoms with Gasteiger partial charge in [-0.25, -0.2) is 0 Å². The number of unbranched alkanes of at least 4 members (excludes halogenated alkanes) is 2. The lowest BCUT2D eigenvalue weighted by molar-refractivity contribution is 0.201. The van der Waals surface area contributed by atoms with E-state index in [0.717, 1.165) is 13.1 Å². The summed E-state index contributed by atoms with van der Waals surface area (Å²) in [6, 6.07) is 0. The lowest BCUT2D eigenvalue weighted by Gasteiger charge is -2.11. The number of thioether (sulfide) groups is 1. The highest BCUT2D eigenvalue weighted by atomic mass is 32.2. The summed E-state index contributed by atoms with van der Waals surface area (Å²) in [5.41, 5.74) is 0. The molecule has 2 nitrogen and oxygen atoms in total. The minimum Gasteiger partial charge on any atom is -0.391 e. The maximum Gasteiger partial charge on any atom is 0.0795 e. The molecule has 0 aromatic carbocycles. The summed E-state index contributed by atoms with van der Waals surface area (Å²) >= 11 is 1.92. The van der Waals surface area contributed by atoms with Crippen molar-refractivity contribution >= 4 is 11.8 Å². The van der Waals surface area contributed by atoms with Crippen LogP contribution in [0.25, 0.3) is 0 Å². The molecule has 0 radical (unpaired) electrons. The Labute approximate surface area is 79.1 Å². The molecule has 0 aliphatic carbocycles. The lowest BCUT2D eigenvalue weighted by Crippen LogP contribution is -2.20. The van der Waals surface area contributed by atoms with Gasteiger partial charge in [0, 0.05) is 18.3 Å². The molecule has 0 aromatic heterocycles. The van der Waals surface area contributed by atoms with Crippen LogP contribution in [0, 0.1) is 0 Å². The maximum atomic E-state index is 9.46. The molecule has 0 bridgehead atoms. The van der Waals surface area contributed by atoms with Crippen LogP contribution in [0.3, 0.4) is 0 Å². The van der Waals surface area contributed by atoms with Gasteiger partial charge in [0.2, 0.25) is 0 Å². The maximum absolute atomic E-state index is 9.46. The smallest absolute Gasteiger partial charge is 0.0795 e. The molecule has 0 amide bonds. The quantitative estimate of drug-likeness (QED) is 0.638. The summed E-state index contributed by atoms with van der Waals surface area (Å²) in [5, 5.41) is 13.1. The number of rotatable bonds is 5. The van der Waals surface area contributed by atoms with Crippen molar-refractivity contribution in [3.63, 3.8) is 0 Å². The van der Waals surface area contributed by atoms with Crippen LogP contribution in [0.2, 0.25) is 0 Å². The first-order valence-corrected chi connectivity index (χ1v) is 5.90. The molecule has 0 unspecified atom stereocenters. The normalized spacial score (nSPS) is 29.5. The summed E-state index contributed by atoms with van der Waals surface area (Å²) in [6.45, 7) is 3.99. The van der Waals surface area contributed by atoms with Crippen molar-refractivity contribution in [3.8, 4) is 0 Å². The Bertz CT molecular complexity index is 121. The summed E-state index contributed by atoms with van der Waals surface area (Å²) in [4.78, 5) is 0. The fraction of sp³-hybridized carbons (Fsp3) is 1.00. The molecule has 2 N–H and O–H groups in total. The van der Waals surface area contributed by atoms with Crippen molar-refractivity contribution < 1.29 is 5.11 Å². The van der Waals surface area contributed by atoms with Crippen molar-refractivity contribution in [2.24, 2.45) is 0 Å². The standard InChI is InChI=1S/C9H19NOS/c1-2-3-4-5-12-9-7-10-6-8(9)11/h8-11H,2-7H2,1H3/t8-,9-/m1/s1. The van der Waals surface area contributed by atoms with Gasteiger partial charge in [-0.2, -0.15) is 11.8 Å². The number of nitrogens with one attached hydrogen (secondary N) is 1. The summed E-state index contributed by atoms with van der Waals surface area (Å²) in [7, 11) is 0. The van der Waals surface area contributed by atoms with E-state index in [1.165, 1.54) is 25.0 Å². The first-order valence-electron chi connectivity index (χ1n) is 4.85. The zero-order valence-corrected chi connectivity index (χ0v) is 8.57. The molecule has 2 atom stereocenters. The SMILES string of the molecule is CCCCCS[C@@H]1CNC[C@H]1O. The Morgan fingerprint density at radius 1 is 1.42 bits per heavy atom. The fourth-order valence-corrected chi connectivity index (χ4v) is 2.63. The van der Waals surface area contributed by atoms with Gasteiger partial charge in [-0.15, -0.1) is 0 Å². The minimum atomic E-state index is -0.114. The summed E-state index contributed by atoms with van der Waals surface area (Å²) in [5.74, 6) is 1.21. The van der Waals surface area contributed by atoms with Crippen LogP contribution in [-0.2, 0) is 0 Å². The van der Waals surface area contributed by atoms with Crippen LogP contribution in [0.1, 0.15) is 26.2 Å². The molecule has 0 saturated carbocycles. The van der Waals surface area contributed by atoms with Crippen LogP contribution < -0.4 is 5.32 Å². The van der Waals surface area contributed by atoms with Crippen molar-refractivity contribution in [2.45, 2.75) is 37.5 Å². The third-order valence-corrected chi connectivity index (χ3v) is 3.64. The Morgan fingerprint density at radius 2 is 2.25 bits per heavy atom. The molecule has 3 heteroatoms. The highest BCUT2D eigenvalue weighted by molar-refractivity contribution is 8.00. The van der Waals surface area contributed by atoms with Crippen molar-refractivity contribution in [3.05, 3.63) is 0 Å². The van der Waals surface area contributed by atoms with Crippen molar-refractivity contribution in [2.75, 3.05) is 18.8 Å². The summed E-state index contributed by atoms with van der Waals surface area (Å²) in [6.07, 6.45) is 3.79. The number of hydrogen-bond donors (Lipinski definition) is 2. The molecule has 1 aliphatic rings. The van der Waals surface area contributed by atoms with Crippen LogP contribution in [0.4, 0.5) is 0 Å². The molecule has 1 saturated heterocycles. The second kappa shape index (κ2) is 5.84. The van der Waals surface area contributed by atoms with Gasteiger partial charge in [-0.3, -0.25) is 0 Å². The Morgan fingerprint density at radius 3 is 2.83 bits per heavy atom. The van der Waals surface area contributed by atoms with Gasteiger partial charge >= 0.3 is 0 Å². The molecule has 0 spiro atoms. The second-order valence-corrected chi connectivity index (χ2v) is 4.69. The van der Waals surface area contributed by atoms with Crippen LogP contribution in [0.15, 0.2) is 0 Å². The minimum absolute atomic E-state index is 0.114. The summed E-state index contributed by atoms with van der Waals surface area (Å²) < 4.78 is 0. The third-order valence-electron chi connectivity index (χ3n) is 2.21. The topological polar surface area (TPSA) is 32.3 Å². The average molecular weight is 189 g/mol. The van der Waals surface area contributed by atoms with Gasteiger partial charge in [-0.05, 0) is 12.2 Å². The van der Waals surface area contributed by atoms with Gasteiger partial charge < -0.3 is 10.4 Å². The Hall–Kier alpha value is 0.270. The van der Waals surface area contributed by atoms with Gasteiger partial charge in [-0.1, -0.05) is 19.8 Å². The van der Waals surface area contributed by atoms with E-state index in [1.807, 2.05) is 11.8 Å². The first-order chi connectivity index (χ1) is 5.84. The van der Waals surface area contributed by atoms with Crippen molar-refractivity contribution in [1.82, 2.24) is 5.32 Å². The molecule has 72 valence electrons. The van der Waals surface area contributed by atoms with E-state index in [-0.39, 0.29) is 6.10 Å². The average Bonchev–Trinajstić information content (AvgIpc) is 2.46. The highest BCUT2D eigenvalue weighted by Crippen LogP contribution is 2.19. The van der Waals surface area contributed by atoms with E-state index in [0.29, 0.717) is 5.25 Å². The molecule has 1 fully saturated rings. The molecular weight excluding hydrogens is 170 g/mol. The van der Waals surface area contributed by atoms with Crippen LogP contribution >= 0.6 is 11.8 Å². The highest BCUT2D eigenvalue weighted by Gasteiger charge is 2.24. The monoisotopic (exact) mass is 189 g/mol. The first kappa shape index (κ1) is 10.4. The van der Waals surface area contributed by atoms with Gasteiger partial charge in [0.1, 0.15) is 0 Å². The van der Waals surface area contributed by atoms with Crippen LogP contribution in [-0.4, -0.2) is 35.3 Å². The third kappa shape index (κ3) is 3.33. The fourth-order valence-electron chi connectivity index (χ4n) is 1.40. The second-order valence-electron chi connectivity index (χ2n) is 3.34. The molecule has 0 aromatic rings. The molecular formula is C9H19NOS. The van der Waals surface area contributed by atoms with E-state index >= 15 is 0 Å². The van der Waals surface area contributed by atoms with Crippen LogP contribution in [0.5, 0.6) is 0 Å². The number of aliphatic hydroxyl groups excluding tert-OH is 1. The van der Waals surface area contributed by atoms with Gasteiger partial charge in [0.15, 0.2) is 0 Å².